The molecule has 1 amide bonds. The molecule has 3 aromatic carbocycles. The summed E-state index contributed by atoms with van der Waals surface area (Å²) in [7, 11) is -2.20. The van der Waals surface area contributed by atoms with E-state index in [0.29, 0.717) is 23.6 Å². The lowest BCUT2D eigenvalue weighted by Gasteiger charge is -2.30. The molecule has 0 unspecified atom stereocenters. The van der Waals surface area contributed by atoms with E-state index in [1.807, 2.05) is 42.5 Å². The van der Waals surface area contributed by atoms with Crippen molar-refractivity contribution in [2.75, 3.05) is 30.8 Å². The van der Waals surface area contributed by atoms with Crippen LogP contribution in [0.15, 0.2) is 66.7 Å². The van der Waals surface area contributed by atoms with Crippen LogP contribution in [0.4, 0.5) is 5.69 Å². The van der Waals surface area contributed by atoms with Gasteiger partial charge in [-0.05, 0) is 41.5 Å². The summed E-state index contributed by atoms with van der Waals surface area (Å²) in [5.41, 5.74) is 0.376. The van der Waals surface area contributed by atoms with Crippen molar-refractivity contribution < 1.29 is 22.7 Å². The van der Waals surface area contributed by atoms with Gasteiger partial charge in [-0.1, -0.05) is 43.3 Å². The summed E-state index contributed by atoms with van der Waals surface area (Å²) in [6.45, 7) is 2.28. The third-order valence-corrected chi connectivity index (χ3v) is 6.21. The number of carbonyl (C=O) groups is 1. The standard InChI is InChI=1S/C24H28N2O5S/c1-4-23(26(32(3,28)29)20-10-7-11-21(17-20)30-2)24(27)25-14-15-31-22-13-12-18-8-5-6-9-19(18)16-22/h5-13,16-17,23H,4,14-15H2,1-3H3,(H,25,27)/t23-/m1/s1. The van der Waals surface area contributed by atoms with Gasteiger partial charge < -0.3 is 14.8 Å². The van der Waals surface area contributed by atoms with Crippen LogP contribution in [0, 0.1) is 0 Å². The van der Waals surface area contributed by atoms with E-state index >= 15 is 0 Å². The molecule has 0 aliphatic heterocycles. The number of sulfonamides is 1. The number of nitrogens with one attached hydrogen (secondary N) is 1. The van der Waals surface area contributed by atoms with Gasteiger partial charge >= 0.3 is 0 Å². The Hall–Kier alpha value is -3.26. The smallest absolute Gasteiger partial charge is 0.244 e. The zero-order valence-electron chi connectivity index (χ0n) is 18.4. The summed E-state index contributed by atoms with van der Waals surface area (Å²) in [6.07, 6.45) is 1.40. The van der Waals surface area contributed by atoms with Crippen LogP contribution in [0.1, 0.15) is 13.3 Å². The lowest BCUT2D eigenvalue weighted by Crippen LogP contribution is -2.50. The average molecular weight is 457 g/mol. The number of anilines is 1. The van der Waals surface area contributed by atoms with Crippen LogP contribution >= 0.6 is 0 Å². The predicted molar refractivity (Wildman–Crippen MR) is 127 cm³/mol. The van der Waals surface area contributed by atoms with Gasteiger partial charge in [0, 0.05) is 6.07 Å². The minimum Gasteiger partial charge on any atom is -0.497 e. The Bertz CT molecular complexity index is 1180. The maximum absolute atomic E-state index is 12.9. The van der Waals surface area contributed by atoms with Crippen molar-refractivity contribution in [3.63, 3.8) is 0 Å². The van der Waals surface area contributed by atoms with Crippen LogP contribution in [0.3, 0.4) is 0 Å². The number of rotatable bonds is 10. The molecule has 3 rings (SSSR count). The van der Waals surface area contributed by atoms with E-state index in [-0.39, 0.29) is 19.1 Å². The SMILES string of the molecule is CC[C@H](C(=O)NCCOc1ccc2ccccc2c1)N(c1cccc(OC)c1)S(C)(=O)=O. The largest absolute Gasteiger partial charge is 0.497 e. The van der Waals surface area contributed by atoms with Crippen LogP contribution in [-0.4, -0.2) is 46.9 Å². The number of ether oxygens (including phenoxy) is 2. The highest BCUT2D eigenvalue weighted by atomic mass is 32.2. The Morgan fingerprint density at radius 2 is 1.75 bits per heavy atom. The topological polar surface area (TPSA) is 84.9 Å². The number of amides is 1. The van der Waals surface area contributed by atoms with Crippen molar-refractivity contribution in [1.29, 1.82) is 0 Å². The molecule has 3 aromatic rings. The van der Waals surface area contributed by atoms with E-state index in [1.54, 1.807) is 31.2 Å². The van der Waals surface area contributed by atoms with Gasteiger partial charge in [0.05, 0.1) is 25.6 Å². The molecule has 0 aromatic heterocycles. The van der Waals surface area contributed by atoms with E-state index in [1.165, 1.54) is 7.11 Å². The molecule has 0 fully saturated rings. The highest BCUT2D eigenvalue weighted by Gasteiger charge is 2.31. The monoisotopic (exact) mass is 456 g/mol. The van der Waals surface area contributed by atoms with Crippen molar-refractivity contribution >= 4 is 32.4 Å². The molecule has 32 heavy (non-hydrogen) atoms. The Kier molecular flexibility index (Phi) is 7.58. The van der Waals surface area contributed by atoms with E-state index in [9.17, 15) is 13.2 Å². The predicted octanol–water partition coefficient (Wildman–Crippen LogP) is 3.59. The molecule has 0 spiro atoms. The van der Waals surface area contributed by atoms with Crippen molar-refractivity contribution in [2.24, 2.45) is 0 Å². The van der Waals surface area contributed by atoms with Crippen molar-refractivity contribution in [1.82, 2.24) is 5.32 Å². The van der Waals surface area contributed by atoms with Crippen LogP contribution < -0.4 is 19.1 Å². The third kappa shape index (κ3) is 5.70. The highest BCUT2D eigenvalue weighted by molar-refractivity contribution is 7.92. The number of methoxy groups -OCH3 is 1. The number of benzene rings is 3. The highest BCUT2D eigenvalue weighted by Crippen LogP contribution is 2.26. The van der Waals surface area contributed by atoms with Gasteiger partial charge in [-0.15, -0.1) is 0 Å². The first-order valence-electron chi connectivity index (χ1n) is 10.4. The van der Waals surface area contributed by atoms with Gasteiger partial charge in [0.15, 0.2) is 0 Å². The maximum Gasteiger partial charge on any atom is 0.244 e. The van der Waals surface area contributed by atoms with Crippen LogP contribution in [0.5, 0.6) is 11.5 Å². The lowest BCUT2D eigenvalue weighted by molar-refractivity contribution is -0.122. The minimum absolute atomic E-state index is 0.248. The fourth-order valence-electron chi connectivity index (χ4n) is 3.53. The zero-order chi connectivity index (χ0) is 23.1. The second-order valence-corrected chi connectivity index (χ2v) is 9.19. The fourth-order valence-corrected chi connectivity index (χ4v) is 4.73. The van der Waals surface area contributed by atoms with Crippen molar-refractivity contribution in [2.45, 2.75) is 19.4 Å². The summed E-state index contributed by atoms with van der Waals surface area (Å²) in [6, 6.07) is 19.5. The summed E-state index contributed by atoms with van der Waals surface area (Å²) in [5.74, 6) is 0.831. The third-order valence-electron chi connectivity index (χ3n) is 5.03. The van der Waals surface area contributed by atoms with Gasteiger partial charge in [0.25, 0.3) is 0 Å². The van der Waals surface area contributed by atoms with E-state index in [0.717, 1.165) is 21.3 Å². The van der Waals surface area contributed by atoms with Crippen LogP contribution in [-0.2, 0) is 14.8 Å². The van der Waals surface area contributed by atoms with Crippen LogP contribution in [0.2, 0.25) is 0 Å². The number of nitrogens with zero attached hydrogens (tertiary/aromatic N) is 1. The Morgan fingerprint density at radius 3 is 2.44 bits per heavy atom. The Balaban J connectivity index is 1.65. The van der Waals surface area contributed by atoms with Crippen molar-refractivity contribution in [3.8, 4) is 11.5 Å². The molecule has 0 saturated carbocycles. The first-order valence-corrected chi connectivity index (χ1v) is 12.2. The number of carbonyl (C=O) groups excluding carboxylic acids is 1. The molecule has 0 bridgehead atoms. The van der Waals surface area contributed by atoms with Gasteiger partial charge in [0.2, 0.25) is 15.9 Å². The molecular formula is C24H28N2O5S. The van der Waals surface area contributed by atoms with E-state index in [2.05, 4.69) is 5.32 Å². The quantitative estimate of drug-likeness (QED) is 0.471. The van der Waals surface area contributed by atoms with E-state index < -0.39 is 16.1 Å². The number of hydrogen-bond acceptors (Lipinski definition) is 5. The van der Waals surface area contributed by atoms with Gasteiger partial charge in [0.1, 0.15) is 24.1 Å². The number of hydrogen-bond donors (Lipinski definition) is 1. The molecule has 1 N–H and O–H groups in total. The summed E-state index contributed by atoms with van der Waals surface area (Å²) in [5, 5.41) is 4.98. The normalized spacial score (nSPS) is 12.2. The minimum atomic E-state index is -3.71. The van der Waals surface area contributed by atoms with Crippen LogP contribution in [0.25, 0.3) is 10.8 Å². The summed E-state index contributed by atoms with van der Waals surface area (Å²) < 4.78 is 37.2. The molecule has 170 valence electrons. The summed E-state index contributed by atoms with van der Waals surface area (Å²) in [4.78, 5) is 12.9. The molecule has 1 atom stereocenters. The first-order chi connectivity index (χ1) is 15.3. The molecular weight excluding hydrogens is 428 g/mol. The second-order valence-electron chi connectivity index (χ2n) is 7.33. The van der Waals surface area contributed by atoms with Gasteiger partial charge in [-0.3, -0.25) is 9.10 Å². The Labute approximate surface area is 189 Å². The van der Waals surface area contributed by atoms with E-state index in [4.69, 9.17) is 9.47 Å². The maximum atomic E-state index is 12.9. The molecule has 0 aliphatic carbocycles. The lowest BCUT2D eigenvalue weighted by atomic mass is 10.1. The van der Waals surface area contributed by atoms with Gasteiger partial charge in [-0.2, -0.15) is 0 Å². The molecule has 7 nitrogen and oxygen atoms in total. The number of fused-ring (bicyclic) bond motifs is 1. The second kappa shape index (κ2) is 10.4. The fraction of sp³-hybridized carbons (Fsp3) is 0.292. The van der Waals surface area contributed by atoms with Gasteiger partial charge in [-0.25, -0.2) is 8.42 Å². The first kappa shape index (κ1) is 23.4. The Morgan fingerprint density at radius 1 is 1.00 bits per heavy atom. The van der Waals surface area contributed by atoms with Crippen molar-refractivity contribution in [3.05, 3.63) is 66.7 Å². The molecule has 0 heterocycles. The molecule has 0 radical (unpaired) electrons. The average Bonchev–Trinajstić information content (AvgIpc) is 2.79. The summed E-state index contributed by atoms with van der Waals surface area (Å²) >= 11 is 0. The molecule has 8 heteroatoms. The molecule has 0 saturated heterocycles. The molecule has 0 aliphatic rings. The zero-order valence-corrected chi connectivity index (χ0v) is 19.3.